The van der Waals surface area contributed by atoms with Gasteiger partial charge in [-0.1, -0.05) is 0 Å². The maximum Gasteiger partial charge on any atom is 0.245 e. The summed E-state index contributed by atoms with van der Waals surface area (Å²) < 4.78 is 5.75. The van der Waals surface area contributed by atoms with Gasteiger partial charge in [-0.15, -0.1) is 12.4 Å². The van der Waals surface area contributed by atoms with E-state index in [-0.39, 0.29) is 60.2 Å². The van der Waals surface area contributed by atoms with Crippen LogP contribution < -0.4 is 5.73 Å². The van der Waals surface area contributed by atoms with Crippen molar-refractivity contribution < 1.29 is 19.1 Å². The molecule has 5 fully saturated rings. The lowest BCUT2D eigenvalue weighted by atomic mass is 9.81. The first-order valence-corrected chi connectivity index (χ1v) is 9.54. The van der Waals surface area contributed by atoms with Gasteiger partial charge in [0.2, 0.25) is 17.7 Å². The molecule has 0 aromatic carbocycles. The van der Waals surface area contributed by atoms with E-state index < -0.39 is 6.04 Å². The van der Waals surface area contributed by atoms with Gasteiger partial charge in [0.15, 0.2) is 0 Å². The molecular weight excluding hydrogens is 358 g/mol. The summed E-state index contributed by atoms with van der Waals surface area (Å²) in [6, 6.07) is -0.555. The van der Waals surface area contributed by atoms with E-state index in [1.807, 2.05) is 4.90 Å². The molecule has 8 atom stereocenters. The van der Waals surface area contributed by atoms with Gasteiger partial charge < -0.3 is 15.4 Å². The molecule has 0 aromatic heterocycles. The molecule has 2 N–H and O–H groups in total. The molecule has 7 nitrogen and oxygen atoms in total. The van der Waals surface area contributed by atoms with E-state index in [1.54, 1.807) is 6.92 Å². The third kappa shape index (κ3) is 2.29. The summed E-state index contributed by atoms with van der Waals surface area (Å²) in [6.07, 6.45) is 3.51. The molecule has 2 bridgehead atoms. The largest absolute Gasteiger partial charge is 0.373 e. The Morgan fingerprint density at radius 3 is 2.27 bits per heavy atom. The third-order valence-corrected chi connectivity index (χ3v) is 7.29. The Balaban J connectivity index is 0.00000168. The molecule has 5 rings (SSSR count). The van der Waals surface area contributed by atoms with E-state index in [2.05, 4.69) is 0 Å². The molecule has 5 aliphatic rings. The van der Waals surface area contributed by atoms with Crippen LogP contribution in [0.4, 0.5) is 0 Å². The first kappa shape index (κ1) is 18.2. The molecule has 0 aromatic rings. The summed E-state index contributed by atoms with van der Waals surface area (Å²) in [4.78, 5) is 41.7. The molecule has 4 heterocycles. The van der Waals surface area contributed by atoms with Crippen LogP contribution in [0.15, 0.2) is 0 Å². The fraction of sp³-hybridized carbons (Fsp3) is 0.833. The first-order valence-electron chi connectivity index (χ1n) is 9.54. The number of likely N-dealkylation sites (tertiary alicyclic amines) is 2. The van der Waals surface area contributed by atoms with Crippen molar-refractivity contribution in [1.29, 1.82) is 0 Å². The smallest absolute Gasteiger partial charge is 0.245 e. The van der Waals surface area contributed by atoms with Gasteiger partial charge in [0.1, 0.15) is 6.04 Å². The van der Waals surface area contributed by atoms with Crippen molar-refractivity contribution in [1.82, 2.24) is 9.80 Å². The monoisotopic (exact) mass is 383 g/mol. The summed E-state index contributed by atoms with van der Waals surface area (Å²) in [6.45, 7) is 3.06. The number of fused-ring (bicyclic) bond motifs is 6. The molecule has 3 amide bonds. The van der Waals surface area contributed by atoms with Gasteiger partial charge in [-0.2, -0.15) is 0 Å². The quantitative estimate of drug-likeness (QED) is 0.685. The highest BCUT2D eigenvalue weighted by molar-refractivity contribution is 6.09. The molecule has 4 aliphatic heterocycles. The van der Waals surface area contributed by atoms with E-state index in [0.29, 0.717) is 24.9 Å². The molecular formula is C18H26ClN3O4. The fourth-order valence-corrected chi connectivity index (χ4v) is 5.98. The molecule has 26 heavy (non-hydrogen) atoms. The molecule has 4 saturated heterocycles. The summed E-state index contributed by atoms with van der Waals surface area (Å²) in [5.41, 5.74) is 6.15. The Labute approximate surface area is 159 Å². The minimum Gasteiger partial charge on any atom is -0.373 e. The van der Waals surface area contributed by atoms with E-state index in [1.165, 1.54) is 4.90 Å². The maximum atomic E-state index is 13.0. The summed E-state index contributed by atoms with van der Waals surface area (Å²) >= 11 is 0. The van der Waals surface area contributed by atoms with E-state index in [9.17, 15) is 14.4 Å². The van der Waals surface area contributed by atoms with Crippen LogP contribution in [0.2, 0.25) is 0 Å². The Bertz CT molecular complexity index is 630. The molecule has 0 spiro atoms. The normalized spacial score (nSPS) is 44.3. The summed E-state index contributed by atoms with van der Waals surface area (Å²) in [5, 5.41) is 0. The number of nitrogens with zero attached hydrogens (tertiary/aromatic N) is 2. The van der Waals surface area contributed by atoms with Crippen LogP contribution in [0.3, 0.4) is 0 Å². The minimum absolute atomic E-state index is 0. The minimum atomic E-state index is -0.722. The molecule has 144 valence electrons. The number of hydrogen-bond donors (Lipinski definition) is 1. The van der Waals surface area contributed by atoms with Crippen LogP contribution in [0.1, 0.15) is 32.6 Å². The maximum absolute atomic E-state index is 13.0. The zero-order chi connectivity index (χ0) is 17.5. The second-order valence-corrected chi connectivity index (χ2v) is 8.47. The molecule has 8 unspecified atom stereocenters. The highest BCUT2D eigenvalue weighted by atomic mass is 35.5. The van der Waals surface area contributed by atoms with Gasteiger partial charge in [0.25, 0.3) is 0 Å². The van der Waals surface area contributed by atoms with Crippen molar-refractivity contribution in [2.75, 3.05) is 13.1 Å². The number of carbonyl (C=O) groups excluding carboxylic acids is 3. The Kier molecular flexibility index (Phi) is 4.32. The Morgan fingerprint density at radius 1 is 1.08 bits per heavy atom. The van der Waals surface area contributed by atoms with Gasteiger partial charge in [-0.3, -0.25) is 19.3 Å². The number of imide groups is 1. The Hall–Kier alpha value is -1.18. The van der Waals surface area contributed by atoms with Gasteiger partial charge in [0.05, 0.1) is 24.0 Å². The van der Waals surface area contributed by atoms with Crippen molar-refractivity contribution in [3.63, 3.8) is 0 Å². The van der Waals surface area contributed by atoms with Crippen LogP contribution in [-0.2, 0) is 19.1 Å². The number of amides is 3. The zero-order valence-electron chi connectivity index (χ0n) is 14.9. The number of hydrogen-bond acceptors (Lipinski definition) is 5. The second kappa shape index (κ2) is 6.17. The molecule has 1 aliphatic carbocycles. The standard InChI is InChI=1S/C18H25N3O4.ClH/c1-8(16(22)20-6-9-2-3-11(19)10(9)7-20)21-17(23)14-12-4-5-13(25-12)15(14)18(21)24;/h8-15H,2-7,19H2,1H3;1H. The number of ether oxygens (including phenoxy) is 1. The van der Waals surface area contributed by atoms with Crippen molar-refractivity contribution in [3.05, 3.63) is 0 Å². The average molecular weight is 384 g/mol. The Morgan fingerprint density at radius 2 is 1.69 bits per heavy atom. The van der Waals surface area contributed by atoms with Gasteiger partial charge >= 0.3 is 0 Å². The van der Waals surface area contributed by atoms with Crippen molar-refractivity contribution in [3.8, 4) is 0 Å². The van der Waals surface area contributed by atoms with Gasteiger partial charge in [0, 0.05) is 19.1 Å². The lowest BCUT2D eigenvalue weighted by Gasteiger charge is -2.28. The first-order chi connectivity index (χ1) is 12.0. The average Bonchev–Trinajstić information content (AvgIpc) is 3.36. The highest BCUT2D eigenvalue weighted by Gasteiger charge is 2.63. The van der Waals surface area contributed by atoms with Crippen LogP contribution in [0, 0.1) is 23.7 Å². The number of carbonyl (C=O) groups is 3. The zero-order valence-corrected chi connectivity index (χ0v) is 15.7. The number of rotatable bonds is 2. The van der Waals surface area contributed by atoms with Crippen LogP contribution >= 0.6 is 12.4 Å². The highest BCUT2D eigenvalue weighted by Crippen LogP contribution is 2.49. The lowest BCUT2D eigenvalue weighted by Crippen LogP contribution is -2.50. The van der Waals surface area contributed by atoms with Crippen LogP contribution in [-0.4, -0.2) is 64.9 Å². The predicted molar refractivity (Wildman–Crippen MR) is 94.2 cm³/mol. The van der Waals surface area contributed by atoms with Crippen LogP contribution in [0.5, 0.6) is 0 Å². The second-order valence-electron chi connectivity index (χ2n) is 8.47. The SMILES string of the molecule is CC(C(=O)N1CC2CCC(N)C2C1)N1C(=O)C2C3CCC(O3)C2C1=O.Cl. The van der Waals surface area contributed by atoms with Gasteiger partial charge in [-0.05, 0) is 44.4 Å². The van der Waals surface area contributed by atoms with Gasteiger partial charge in [-0.25, -0.2) is 0 Å². The summed E-state index contributed by atoms with van der Waals surface area (Å²) in [5.74, 6) is -0.430. The molecule has 0 radical (unpaired) electrons. The fourth-order valence-electron chi connectivity index (χ4n) is 5.98. The number of nitrogens with two attached hydrogens (primary N) is 1. The van der Waals surface area contributed by atoms with Crippen molar-refractivity contribution >= 4 is 30.1 Å². The summed E-state index contributed by atoms with van der Waals surface area (Å²) in [7, 11) is 0. The molecule has 1 saturated carbocycles. The van der Waals surface area contributed by atoms with E-state index in [0.717, 1.165) is 25.7 Å². The topological polar surface area (TPSA) is 92.9 Å². The third-order valence-electron chi connectivity index (χ3n) is 7.29. The molecule has 8 heteroatoms. The van der Waals surface area contributed by atoms with Crippen LogP contribution in [0.25, 0.3) is 0 Å². The predicted octanol–water partition coefficient (Wildman–Crippen LogP) is 0.155. The van der Waals surface area contributed by atoms with E-state index >= 15 is 0 Å². The number of halogens is 1. The van der Waals surface area contributed by atoms with E-state index in [4.69, 9.17) is 10.5 Å². The lowest BCUT2D eigenvalue weighted by molar-refractivity contribution is -0.152. The van der Waals surface area contributed by atoms with Crippen molar-refractivity contribution in [2.45, 2.75) is 56.9 Å². The van der Waals surface area contributed by atoms with Crippen molar-refractivity contribution in [2.24, 2.45) is 29.4 Å².